The molecule has 1 aromatic heterocycles. The Hall–Kier alpha value is -1.32. The molecule has 1 aliphatic carbocycles. The van der Waals surface area contributed by atoms with Gasteiger partial charge in [-0.05, 0) is 12.8 Å². The number of nitrogens with zero attached hydrogens (tertiary/aromatic N) is 2. The summed E-state index contributed by atoms with van der Waals surface area (Å²) in [6.07, 6.45) is 5.81. The largest absolute Gasteiger partial charge is 0.480 e. The maximum absolute atomic E-state index is 10.3. The summed E-state index contributed by atoms with van der Waals surface area (Å²) in [5.74, 6) is -0.227. The van der Waals surface area contributed by atoms with Gasteiger partial charge in [0.25, 0.3) is 0 Å². The van der Waals surface area contributed by atoms with Crippen LogP contribution >= 0.6 is 0 Å². The number of carboxylic acid groups (broad SMARTS) is 1. The third-order valence-corrected chi connectivity index (χ3v) is 1.97. The molecule has 1 aliphatic rings. The molecule has 12 heavy (non-hydrogen) atoms. The molecule has 1 saturated carbocycles. The Morgan fingerprint density at radius 1 is 1.75 bits per heavy atom. The zero-order valence-electron chi connectivity index (χ0n) is 6.60. The maximum Gasteiger partial charge on any atom is 0.323 e. The van der Waals surface area contributed by atoms with Crippen LogP contribution in [0, 0.1) is 0 Å². The molecule has 0 saturated heterocycles. The minimum Gasteiger partial charge on any atom is -0.480 e. The molecule has 1 N–H and O–H groups in total. The van der Waals surface area contributed by atoms with Crippen molar-refractivity contribution in [2.24, 2.45) is 0 Å². The van der Waals surface area contributed by atoms with Crippen LogP contribution in [0.2, 0.25) is 0 Å². The summed E-state index contributed by atoms with van der Waals surface area (Å²) in [6.45, 7) is 0.0136. The third-order valence-electron chi connectivity index (χ3n) is 1.97. The van der Waals surface area contributed by atoms with E-state index in [-0.39, 0.29) is 6.54 Å². The fraction of sp³-hybridized carbons (Fsp3) is 0.500. The van der Waals surface area contributed by atoms with Crippen LogP contribution < -0.4 is 0 Å². The van der Waals surface area contributed by atoms with Crippen molar-refractivity contribution in [3.8, 4) is 0 Å². The van der Waals surface area contributed by atoms with Gasteiger partial charge in [-0.1, -0.05) is 0 Å². The first-order valence-corrected chi connectivity index (χ1v) is 3.99. The molecule has 2 rings (SSSR count). The lowest BCUT2D eigenvalue weighted by Gasteiger charge is -1.93. The second kappa shape index (κ2) is 2.62. The highest BCUT2D eigenvalue weighted by atomic mass is 16.4. The van der Waals surface area contributed by atoms with Gasteiger partial charge in [0.05, 0.1) is 12.0 Å². The van der Waals surface area contributed by atoms with Gasteiger partial charge in [0.2, 0.25) is 0 Å². The lowest BCUT2D eigenvalue weighted by molar-refractivity contribution is -0.137. The first-order valence-electron chi connectivity index (χ1n) is 3.99. The molecule has 64 valence electrons. The van der Waals surface area contributed by atoms with E-state index < -0.39 is 5.97 Å². The summed E-state index contributed by atoms with van der Waals surface area (Å²) in [7, 11) is 0. The predicted octanol–water partition coefficient (Wildman–Crippen LogP) is 0.845. The van der Waals surface area contributed by atoms with Crippen LogP contribution in [-0.4, -0.2) is 20.6 Å². The van der Waals surface area contributed by atoms with Gasteiger partial charge in [0.15, 0.2) is 0 Å². The van der Waals surface area contributed by atoms with E-state index in [4.69, 9.17) is 5.11 Å². The highest BCUT2D eigenvalue weighted by molar-refractivity contribution is 5.66. The summed E-state index contributed by atoms with van der Waals surface area (Å²) in [6, 6.07) is 0. The number of aromatic nitrogens is 2. The quantitative estimate of drug-likeness (QED) is 0.724. The predicted molar refractivity (Wildman–Crippen MR) is 41.8 cm³/mol. The highest BCUT2D eigenvalue weighted by Crippen LogP contribution is 2.38. The van der Waals surface area contributed by atoms with E-state index in [0.29, 0.717) is 5.92 Å². The Morgan fingerprint density at radius 3 is 3.08 bits per heavy atom. The Balaban J connectivity index is 2.07. The molecule has 1 aromatic rings. The van der Waals surface area contributed by atoms with Crippen molar-refractivity contribution in [1.29, 1.82) is 0 Å². The molecule has 0 bridgehead atoms. The lowest BCUT2D eigenvalue weighted by atomic mass is 10.3. The average molecular weight is 166 g/mol. The molecular weight excluding hydrogens is 156 g/mol. The zero-order chi connectivity index (χ0) is 8.55. The molecule has 4 heteroatoms. The summed E-state index contributed by atoms with van der Waals surface area (Å²) in [5.41, 5.74) is 1.04. The lowest BCUT2D eigenvalue weighted by Crippen LogP contribution is -2.06. The number of carbonyl (C=O) groups is 1. The van der Waals surface area contributed by atoms with Crippen LogP contribution in [0.4, 0.5) is 0 Å². The fourth-order valence-corrected chi connectivity index (χ4v) is 1.21. The first-order chi connectivity index (χ1) is 5.75. The number of imidazole rings is 1. The summed E-state index contributed by atoms with van der Waals surface area (Å²) in [5, 5.41) is 8.48. The highest BCUT2D eigenvalue weighted by Gasteiger charge is 2.25. The van der Waals surface area contributed by atoms with Crippen LogP contribution in [0.5, 0.6) is 0 Å². The number of rotatable bonds is 3. The molecule has 0 aliphatic heterocycles. The Labute approximate surface area is 69.8 Å². The van der Waals surface area contributed by atoms with Gasteiger partial charge in [0, 0.05) is 12.1 Å². The van der Waals surface area contributed by atoms with E-state index >= 15 is 0 Å². The summed E-state index contributed by atoms with van der Waals surface area (Å²) >= 11 is 0. The standard InChI is InChI=1S/C8H10N2O2/c11-8(12)4-10-3-7(9-5-10)6-1-2-6/h3,5-6H,1-2,4H2,(H,11,12). The van der Waals surface area contributed by atoms with Gasteiger partial charge in [-0.3, -0.25) is 4.79 Å². The summed E-state index contributed by atoms with van der Waals surface area (Å²) in [4.78, 5) is 14.4. The molecule has 0 atom stereocenters. The molecule has 4 nitrogen and oxygen atoms in total. The molecular formula is C8H10N2O2. The van der Waals surface area contributed by atoms with Crippen LogP contribution in [0.3, 0.4) is 0 Å². The van der Waals surface area contributed by atoms with Crippen molar-refractivity contribution in [2.45, 2.75) is 25.3 Å². The topological polar surface area (TPSA) is 55.1 Å². The SMILES string of the molecule is O=C(O)Cn1cnc(C2CC2)c1. The third kappa shape index (κ3) is 1.47. The van der Waals surface area contributed by atoms with Crippen LogP contribution in [0.25, 0.3) is 0 Å². The van der Waals surface area contributed by atoms with Crippen molar-refractivity contribution in [3.05, 3.63) is 18.2 Å². The van der Waals surface area contributed by atoms with E-state index in [1.54, 1.807) is 10.9 Å². The normalized spacial score (nSPS) is 16.3. The molecule has 0 amide bonds. The van der Waals surface area contributed by atoms with E-state index in [0.717, 1.165) is 5.69 Å². The van der Waals surface area contributed by atoms with E-state index in [9.17, 15) is 4.79 Å². The molecule has 0 spiro atoms. The maximum atomic E-state index is 10.3. The minimum atomic E-state index is -0.824. The van der Waals surface area contributed by atoms with Gasteiger partial charge in [0.1, 0.15) is 6.54 Å². The average Bonchev–Trinajstić information content (AvgIpc) is 2.73. The monoisotopic (exact) mass is 166 g/mol. The van der Waals surface area contributed by atoms with E-state index in [1.807, 2.05) is 6.20 Å². The Kier molecular flexibility index (Phi) is 1.60. The first kappa shape index (κ1) is 7.34. The van der Waals surface area contributed by atoms with E-state index in [2.05, 4.69) is 4.98 Å². The molecule has 0 aromatic carbocycles. The Morgan fingerprint density at radius 2 is 2.50 bits per heavy atom. The van der Waals surface area contributed by atoms with Crippen LogP contribution in [0.15, 0.2) is 12.5 Å². The van der Waals surface area contributed by atoms with Gasteiger partial charge in [-0.25, -0.2) is 4.98 Å². The van der Waals surface area contributed by atoms with Crippen LogP contribution in [-0.2, 0) is 11.3 Å². The molecule has 0 radical (unpaired) electrons. The smallest absolute Gasteiger partial charge is 0.323 e. The number of aliphatic carboxylic acids is 1. The zero-order valence-corrected chi connectivity index (χ0v) is 6.60. The second-order valence-corrected chi connectivity index (χ2v) is 3.14. The molecule has 0 unspecified atom stereocenters. The number of carboxylic acids is 1. The van der Waals surface area contributed by atoms with Crippen molar-refractivity contribution in [3.63, 3.8) is 0 Å². The van der Waals surface area contributed by atoms with Crippen molar-refractivity contribution >= 4 is 5.97 Å². The molecule has 1 heterocycles. The Bertz CT molecular complexity index is 302. The van der Waals surface area contributed by atoms with Gasteiger partial charge < -0.3 is 9.67 Å². The van der Waals surface area contributed by atoms with Gasteiger partial charge in [-0.2, -0.15) is 0 Å². The number of hydrogen-bond donors (Lipinski definition) is 1. The minimum absolute atomic E-state index is 0.0136. The van der Waals surface area contributed by atoms with Crippen molar-refractivity contribution in [1.82, 2.24) is 9.55 Å². The van der Waals surface area contributed by atoms with Gasteiger partial charge >= 0.3 is 5.97 Å². The van der Waals surface area contributed by atoms with Crippen LogP contribution in [0.1, 0.15) is 24.5 Å². The summed E-state index contributed by atoms with van der Waals surface area (Å²) < 4.78 is 1.61. The van der Waals surface area contributed by atoms with E-state index in [1.165, 1.54) is 12.8 Å². The molecule has 1 fully saturated rings. The number of hydrogen-bond acceptors (Lipinski definition) is 2. The second-order valence-electron chi connectivity index (χ2n) is 3.14. The van der Waals surface area contributed by atoms with Crippen molar-refractivity contribution < 1.29 is 9.90 Å². The fourth-order valence-electron chi connectivity index (χ4n) is 1.21. The van der Waals surface area contributed by atoms with Crippen molar-refractivity contribution in [2.75, 3.05) is 0 Å². The van der Waals surface area contributed by atoms with Gasteiger partial charge in [-0.15, -0.1) is 0 Å².